The van der Waals surface area contributed by atoms with Gasteiger partial charge in [0.05, 0.1) is 10.5 Å². The summed E-state index contributed by atoms with van der Waals surface area (Å²) < 4.78 is 13.5. The molecular weight excluding hydrogens is 357 g/mol. The number of halogens is 3. The maximum Gasteiger partial charge on any atom is 0.251 e. The number of carbonyl (C=O) groups excluding carboxylic acids is 1. The molecule has 2 aromatic rings. The molecule has 0 saturated heterocycles. The molecule has 1 N–H and O–H groups in total. The summed E-state index contributed by atoms with van der Waals surface area (Å²) in [6.45, 7) is 1.98. The lowest BCUT2D eigenvalue weighted by Crippen LogP contribution is -2.28. The molecule has 0 aliphatic rings. The Balaban J connectivity index is 2.18. The van der Waals surface area contributed by atoms with Crippen molar-refractivity contribution in [3.05, 3.63) is 68.9 Å². The monoisotopic (exact) mass is 369 g/mol. The lowest BCUT2D eigenvalue weighted by atomic mass is 10.0. The fraction of sp³-hybridized carbons (Fsp3) is 0.188. The van der Waals surface area contributed by atoms with E-state index in [-0.39, 0.29) is 16.4 Å². The van der Waals surface area contributed by atoms with Crippen LogP contribution >= 0.6 is 27.5 Å². The minimum absolute atomic E-state index is 0.139. The fourth-order valence-corrected chi connectivity index (χ4v) is 2.60. The Labute approximate surface area is 136 Å². The first-order valence-electron chi connectivity index (χ1n) is 6.52. The molecule has 0 heterocycles. The van der Waals surface area contributed by atoms with E-state index >= 15 is 0 Å². The molecule has 21 heavy (non-hydrogen) atoms. The van der Waals surface area contributed by atoms with Gasteiger partial charge in [-0.05, 0) is 58.2 Å². The molecule has 0 aromatic heterocycles. The molecule has 2 aromatic carbocycles. The van der Waals surface area contributed by atoms with Gasteiger partial charge in [0, 0.05) is 10.6 Å². The van der Waals surface area contributed by atoms with Crippen LogP contribution in [0.5, 0.6) is 0 Å². The number of hydrogen-bond donors (Lipinski definition) is 1. The third-order valence-corrected chi connectivity index (χ3v) is 3.99. The van der Waals surface area contributed by atoms with Gasteiger partial charge in [-0.15, -0.1) is 0 Å². The van der Waals surface area contributed by atoms with E-state index in [4.69, 9.17) is 11.6 Å². The maximum absolute atomic E-state index is 13.2. The van der Waals surface area contributed by atoms with Gasteiger partial charge in [0.15, 0.2) is 0 Å². The van der Waals surface area contributed by atoms with E-state index < -0.39 is 5.82 Å². The average Bonchev–Trinajstić information content (AvgIpc) is 2.47. The van der Waals surface area contributed by atoms with E-state index in [0.29, 0.717) is 10.6 Å². The summed E-state index contributed by atoms with van der Waals surface area (Å²) >= 11 is 9.06. The zero-order chi connectivity index (χ0) is 15.4. The second-order valence-corrected chi connectivity index (χ2v) is 5.91. The largest absolute Gasteiger partial charge is 0.345 e. The summed E-state index contributed by atoms with van der Waals surface area (Å²) in [6, 6.07) is 11.4. The van der Waals surface area contributed by atoms with Crippen molar-refractivity contribution in [1.82, 2.24) is 5.32 Å². The van der Waals surface area contributed by atoms with Gasteiger partial charge in [0.25, 0.3) is 5.91 Å². The Morgan fingerprint density at radius 2 is 2.10 bits per heavy atom. The number of hydrogen-bond acceptors (Lipinski definition) is 1. The number of carbonyl (C=O) groups is 1. The van der Waals surface area contributed by atoms with Crippen LogP contribution in [0.1, 0.15) is 35.3 Å². The van der Waals surface area contributed by atoms with Gasteiger partial charge >= 0.3 is 0 Å². The Bertz CT molecular complexity index is 662. The van der Waals surface area contributed by atoms with E-state index in [1.54, 1.807) is 6.07 Å². The van der Waals surface area contributed by atoms with E-state index in [1.807, 2.05) is 25.1 Å². The van der Waals surface area contributed by atoms with Gasteiger partial charge in [0.2, 0.25) is 0 Å². The van der Waals surface area contributed by atoms with Crippen LogP contribution in [0, 0.1) is 5.82 Å². The fourth-order valence-electron chi connectivity index (χ4n) is 2.02. The number of rotatable bonds is 4. The van der Waals surface area contributed by atoms with Crippen LogP contribution in [0.15, 0.2) is 46.9 Å². The van der Waals surface area contributed by atoms with Crippen molar-refractivity contribution in [2.24, 2.45) is 0 Å². The normalized spacial score (nSPS) is 12.0. The van der Waals surface area contributed by atoms with Crippen LogP contribution in [-0.4, -0.2) is 5.91 Å². The lowest BCUT2D eigenvalue weighted by molar-refractivity contribution is 0.0935. The molecule has 1 atom stereocenters. The molecule has 0 spiro atoms. The minimum Gasteiger partial charge on any atom is -0.345 e. The highest BCUT2D eigenvalue weighted by Gasteiger charge is 2.15. The van der Waals surface area contributed by atoms with Crippen molar-refractivity contribution in [2.75, 3.05) is 0 Å². The van der Waals surface area contributed by atoms with Crippen LogP contribution < -0.4 is 5.32 Å². The minimum atomic E-state index is -0.395. The summed E-state index contributed by atoms with van der Waals surface area (Å²) in [6.07, 6.45) is 0.731. The molecule has 0 saturated carbocycles. The standard InChI is InChI=1S/C16H14BrClFNO/c1-2-15(10-4-3-5-12(18)8-10)20-16(21)11-6-7-14(19)13(17)9-11/h3-9,15H,2H2,1H3,(H,20,21). The quantitative estimate of drug-likeness (QED) is 0.795. The van der Waals surface area contributed by atoms with Crippen molar-refractivity contribution >= 4 is 33.4 Å². The number of benzene rings is 2. The third kappa shape index (κ3) is 4.05. The molecule has 1 unspecified atom stereocenters. The van der Waals surface area contributed by atoms with E-state index in [0.717, 1.165) is 12.0 Å². The zero-order valence-corrected chi connectivity index (χ0v) is 13.7. The Kier molecular flexibility index (Phi) is 5.37. The molecule has 0 aliphatic heterocycles. The third-order valence-electron chi connectivity index (χ3n) is 3.15. The topological polar surface area (TPSA) is 29.1 Å². The van der Waals surface area contributed by atoms with Gasteiger partial charge in [0.1, 0.15) is 5.82 Å². The molecule has 1 amide bonds. The molecule has 0 radical (unpaired) electrons. The first-order valence-corrected chi connectivity index (χ1v) is 7.69. The molecule has 110 valence electrons. The average molecular weight is 371 g/mol. The Morgan fingerprint density at radius 3 is 2.71 bits per heavy atom. The molecular formula is C16H14BrClFNO. The Morgan fingerprint density at radius 1 is 1.33 bits per heavy atom. The summed E-state index contributed by atoms with van der Waals surface area (Å²) in [5.41, 5.74) is 1.35. The summed E-state index contributed by atoms with van der Waals surface area (Å²) in [5, 5.41) is 3.56. The van der Waals surface area contributed by atoms with Crippen molar-refractivity contribution in [3.63, 3.8) is 0 Å². The van der Waals surface area contributed by atoms with Crippen LogP contribution in [0.2, 0.25) is 5.02 Å². The zero-order valence-electron chi connectivity index (χ0n) is 11.4. The van der Waals surface area contributed by atoms with Gasteiger partial charge in [-0.1, -0.05) is 30.7 Å². The second kappa shape index (κ2) is 7.05. The van der Waals surface area contributed by atoms with Crippen LogP contribution in [0.3, 0.4) is 0 Å². The van der Waals surface area contributed by atoms with E-state index in [2.05, 4.69) is 21.2 Å². The maximum atomic E-state index is 13.2. The van der Waals surface area contributed by atoms with Gasteiger partial charge < -0.3 is 5.32 Å². The van der Waals surface area contributed by atoms with E-state index in [1.165, 1.54) is 18.2 Å². The van der Waals surface area contributed by atoms with Crippen LogP contribution in [0.4, 0.5) is 4.39 Å². The smallest absolute Gasteiger partial charge is 0.251 e. The summed E-state index contributed by atoms with van der Waals surface area (Å²) in [5.74, 6) is -0.643. The second-order valence-electron chi connectivity index (χ2n) is 4.62. The molecule has 0 bridgehead atoms. The van der Waals surface area contributed by atoms with Crippen LogP contribution in [-0.2, 0) is 0 Å². The summed E-state index contributed by atoms with van der Waals surface area (Å²) in [4.78, 5) is 12.2. The highest BCUT2D eigenvalue weighted by Crippen LogP contribution is 2.22. The van der Waals surface area contributed by atoms with Gasteiger partial charge in [-0.2, -0.15) is 0 Å². The molecule has 0 aliphatic carbocycles. The van der Waals surface area contributed by atoms with Crippen molar-refractivity contribution in [1.29, 1.82) is 0 Å². The van der Waals surface area contributed by atoms with Gasteiger partial charge in [-0.3, -0.25) is 4.79 Å². The number of amides is 1. The molecule has 0 fully saturated rings. The lowest BCUT2D eigenvalue weighted by Gasteiger charge is -2.18. The van der Waals surface area contributed by atoms with Gasteiger partial charge in [-0.25, -0.2) is 4.39 Å². The van der Waals surface area contributed by atoms with Crippen molar-refractivity contribution < 1.29 is 9.18 Å². The first kappa shape index (κ1) is 16.0. The Hall–Kier alpha value is -1.39. The molecule has 2 nitrogen and oxygen atoms in total. The molecule has 2 rings (SSSR count). The predicted molar refractivity (Wildman–Crippen MR) is 86.1 cm³/mol. The van der Waals surface area contributed by atoms with Crippen molar-refractivity contribution in [2.45, 2.75) is 19.4 Å². The highest BCUT2D eigenvalue weighted by atomic mass is 79.9. The molecule has 5 heteroatoms. The number of nitrogens with one attached hydrogen (secondary N) is 1. The predicted octanol–water partition coefficient (Wildman–Crippen LogP) is 5.12. The van der Waals surface area contributed by atoms with Crippen LogP contribution in [0.25, 0.3) is 0 Å². The van der Waals surface area contributed by atoms with E-state index in [9.17, 15) is 9.18 Å². The highest BCUT2D eigenvalue weighted by molar-refractivity contribution is 9.10. The SMILES string of the molecule is CCC(NC(=O)c1ccc(F)c(Br)c1)c1cccc(Cl)c1. The summed E-state index contributed by atoms with van der Waals surface area (Å²) in [7, 11) is 0. The van der Waals surface area contributed by atoms with Crippen molar-refractivity contribution in [3.8, 4) is 0 Å². The first-order chi connectivity index (χ1) is 10.0.